The van der Waals surface area contributed by atoms with Gasteiger partial charge in [0.05, 0.1) is 22.4 Å². The first-order valence-corrected chi connectivity index (χ1v) is 19.3. The van der Waals surface area contributed by atoms with Crippen molar-refractivity contribution in [3.8, 4) is 34.0 Å². The quantitative estimate of drug-likeness (QED) is 0.0924. The SMILES string of the molecule is CC(C)c1cccc(C(C)C)c1-n1[c-][n+](-c2c(C(C)C)cccc2C(C)C)c2ccccc21.[Au].[c-]1ccc2c(c1)-c1cccc3c1B2c1ccccc1O3. The summed E-state index contributed by atoms with van der Waals surface area (Å²) < 4.78 is 10.7. The first kappa shape index (κ1) is 37.7. The molecular formula is C49H48AuBN2O-. The molecule has 2 aliphatic heterocycles. The Hall–Kier alpha value is -4.60. The van der Waals surface area contributed by atoms with E-state index in [1.54, 1.807) is 0 Å². The van der Waals surface area contributed by atoms with Crippen LogP contribution in [0.5, 0.6) is 11.5 Å². The van der Waals surface area contributed by atoms with E-state index in [1.807, 2.05) is 12.1 Å². The third kappa shape index (κ3) is 6.39. The van der Waals surface area contributed by atoms with Gasteiger partial charge in [0.25, 0.3) is 6.33 Å². The number of nitrogens with zero attached hydrogens (tertiary/aromatic N) is 2. The summed E-state index contributed by atoms with van der Waals surface area (Å²) in [5.41, 5.74) is 16.9. The molecule has 3 nitrogen and oxygen atoms in total. The summed E-state index contributed by atoms with van der Waals surface area (Å²) in [5.74, 6) is 3.67. The van der Waals surface area contributed by atoms with Crippen LogP contribution in [0.25, 0.3) is 33.5 Å². The maximum Gasteiger partial charge on any atom is 0.269 e. The molecule has 0 N–H and O–H groups in total. The summed E-state index contributed by atoms with van der Waals surface area (Å²) >= 11 is 0. The van der Waals surface area contributed by atoms with Crippen LogP contribution in [0.1, 0.15) is 101 Å². The molecule has 1 radical (unpaired) electrons. The molecule has 54 heavy (non-hydrogen) atoms. The maximum atomic E-state index is 6.09. The molecular weight excluding hydrogens is 840 g/mol. The van der Waals surface area contributed by atoms with E-state index in [2.05, 4.69) is 186 Å². The van der Waals surface area contributed by atoms with Crippen LogP contribution < -0.4 is 25.7 Å². The van der Waals surface area contributed by atoms with Crippen molar-refractivity contribution in [1.82, 2.24) is 4.57 Å². The van der Waals surface area contributed by atoms with Gasteiger partial charge in [-0.15, -0.1) is 5.56 Å². The molecule has 2 aliphatic rings. The topological polar surface area (TPSA) is 18.0 Å². The summed E-state index contributed by atoms with van der Waals surface area (Å²) in [6.07, 6.45) is 3.84. The Bertz CT molecular complexity index is 2330. The van der Waals surface area contributed by atoms with Gasteiger partial charge in [0.2, 0.25) is 6.71 Å². The number of fused-ring (bicyclic) bond motifs is 6. The van der Waals surface area contributed by atoms with Crippen LogP contribution >= 0.6 is 0 Å². The van der Waals surface area contributed by atoms with Gasteiger partial charge < -0.3 is 4.74 Å². The molecule has 0 aliphatic carbocycles. The van der Waals surface area contributed by atoms with Crippen molar-refractivity contribution in [3.63, 3.8) is 0 Å². The summed E-state index contributed by atoms with van der Waals surface area (Å²) in [7, 11) is 0. The molecule has 0 atom stereocenters. The minimum absolute atomic E-state index is 0. The first-order chi connectivity index (χ1) is 25.7. The van der Waals surface area contributed by atoms with Crippen molar-refractivity contribution >= 4 is 34.1 Å². The van der Waals surface area contributed by atoms with E-state index in [-0.39, 0.29) is 22.4 Å². The Labute approximate surface area is 337 Å². The van der Waals surface area contributed by atoms with Gasteiger partial charge in [-0.2, -0.15) is 29.7 Å². The molecule has 6 aromatic carbocycles. The average molecular weight is 889 g/mol. The Morgan fingerprint density at radius 1 is 0.574 bits per heavy atom. The van der Waals surface area contributed by atoms with Gasteiger partial charge in [0.1, 0.15) is 11.5 Å². The zero-order valence-corrected chi connectivity index (χ0v) is 34.7. The number of hydrogen-bond donors (Lipinski definition) is 0. The van der Waals surface area contributed by atoms with Gasteiger partial charge in [0, 0.05) is 22.4 Å². The number of ether oxygens (including phenoxy) is 1. The molecule has 0 unspecified atom stereocenters. The van der Waals surface area contributed by atoms with Crippen LogP contribution in [-0.2, 0) is 22.4 Å². The molecule has 9 rings (SSSR count). The summed E-state index contributed by atoms with van der Waals surface area (Å²) in [5, 5.41) is 0. The van der Waals surface area contributed by atoms with Gasteiger partial charge >= 0.3 is 0 Å². The molecule has 1 aromatic heterocycles. The van der Waals surface area contributed by atoms with Crippen LogP contribution in [0.3, 0.4) is 0 Å². The van der Waals surface area contributed by atoms with Crippen LogP contribution in [-0.4, -0.2) is 11.3 Å². The van der Waals surface area contributed by atoms with E-state index < -0.39 is 0 Å². The normalized spacial score (nSPS) is 12.3. The maximum absolute atomic E-state index is 6.09. The van der Waals surface area contributed by atoms with Gasteiger partial charge in [-0.25, -0.2) is 0 Å². The standard InChI is InChI=1S/C31H38N2.C18H10BO.Au/c1-20(2)24-13-11-14-25(21(3)4)30(24)32-19-33(29-18-10-9-17-28(29)32)31-26(22(5)6)15-12-16-27(31)23(7)8;1-2-8-14-12(6-1)13-7-5-11-17-18(13)19(14)15-9-3-4-10-16(15)20-17;/h9-18,20-23H,1-8H3;2-11H;/q;-1;. The molecule has 0 saturated heterocycles. The van der Waals surface area contributed by atoms with Gasteiger partial charge in [-0.3, -0.25) is 9.13 Å². The minimum Gasteiger partial charge on any atom is -0.458 e. The predicted octanol–water partition coefficient (Wildman–Crippen LogP) is 10.3. The summed E-state index contributed by atoms with van der Waals surface area (Å²) in [6, 6.07) is 46.4. The van der Waals surface area contributed by atoms with Crippen molar-refractivity contribution in [1.29, 1.82) is 0 Å². The molecule has 0 spiro atoms. The van der Waals surface area contributed by atoms with E-state index in [4.69, 9.17) is 4.74 Å². The minimum atomic E-state index is 0. The Balaban J connectivity index is 0.000000182. The van der Waals surface area contributed by atoms with E-state index in [0.717, 1.165) is 11.5 Å². The van der Waals surface area contributed by atoms with E-state index in [0.29, 0.717) is 30.4 Å². The zero-order chi connectivity index (χ0) is 37.0. The van der Waals surface area contributed by atoms with Crippen molar-refractivity contribution in [2.75, 3.05) is 0 Å². The Morgan fingerprint density at radius 3 is 1.81 bits per heavy atom. The molecule has 0 bridgehead atoms. The molecule has 0 fully saturated rings. The zero-order valence-electron chi connectivity index (χ0n) is 32.5. The smallest absolute Gasteiger partial charge is 0.269 e. The van der Waals surface area contributed by atoms with Gasteiger partial charge in [-0.05, 0) is 69.0 Å². The molecule has 275 valence electrons. The van der Waals surface area contributed by atoms with Crippen LogP contribution in [0.2, 0.25) is 0 Å². The second-order valence-corrected chi connectivity index (χ2v) is 15.8. The molecule has 5 heteroatoms. The number of benzene rings is 6. The Kier molecular flexibility index (Phi) is 10.7. The van der Waals surface area contributed by atoms with Crippen molar-refractivity contribution in [3.05, 3.63) is 156 Å². The van der Waals surface area contributed by atoms with Gasteiger partial charge in [-0.1, -0.05) is 152 Å². The van der Waals surface area contributed by atoms with E-state index >= 15 is 0 Å². The summed E-state index contributed by atoms with van der Waals surface area (Å²) in [4.78, 5) is 0. The number of hydrogen-bond acceptors (Lipinski definition) is 1. The van der Waals surface area contributed by atoms with Crippen LogP contribution in [0, 0.1) is 12.4 Å². The van der Waals surface area contributed by atoms with Crippen molar-refractivity contribution < 1.29 is 31.7 Å². The van der Waals surface area contributed by atoms with Crippen LogP contribution in [0.4, 0.5) is 0 Å². The Morgan fingerprint density at radius 2 is 1.15 bits per heavy atom. The van der Waals surface area contributed by atoms with Crippen molar-refractivity contribution in [2.45, 2.75) is 79.1 Å². The largest absolute Gasteiger partial charge is 0.458 e. The fourth-order valence-corrected chi connectivity index (χ4v) is 8.43. The van der Waals surface area contributed by atoms with E-state index in [9.17, 15) is 0 Å². The van der Waals surface area contributed by atoms with Crippen molar-refractivity contribution in [2.24, 2.45) is 0 Å². The third-order valence-electron chi connectivity index (χ3n) is 11.0. The summed E-state index contributed by atoms with van der Waals surface area (Å²) in [6.45, 7) is 18.6. The molecule has 0 saturated carbocycles. The number of rotatable bonds is 6. The first-order valence-electron chi connectivity index (χ1n) is 19.3. The monoisotopic (exact) mass is 888 g/mol. The van der Waals surface area contributed by atoms with E-state index in [1.165, 1.54) is 72.2 Å². The number of para-hydroxylation sites is 5. The second-order valence-electron chi connectivity index (χ2n) is 15.8. The fraction of sp³-hybridized carbons (Fsp3) is 0.245. The van der Waals surface area contributed by atoms with Gasteiger partial charge in [0.15, 0.2) is 0 Å². The molecule has 0 amide bonds. The molecule has 3 heterocycles. The molecule has 7 aromatic rings. The van der Waals surface area contributed by atoms with Crippen LogP contribution in [0.15, 0.2) is 121 Å². The number of imidazole rings is 1. The number of aromatic nitrogens is 2. The predicted molar refractivity (Wildman–Crippen MR) is 222 cm³/mol. The second kappa shape index (κ2) is 15.3. The fourth-order valence-electron chi connectivity index (χ4n) is 8.43. The average Bonchev–Trinajstić information content (AvgIpc) is 3.72. The third-order valence-corrected chi connectivity index (χ3v) is 11.0.